The Labute approximate surface area is 94.2 Å². The number of hydroxylamine groups is 1. The minimum atomic E-state index is 0.656. The van der Waals surface area contributed by atoms with E-state index >= 15 is 0 Å². The lowest BCUT2D eigenvalue weighted by Gasteiger charge is -2.02. The van der Waals surface area contributed by atoms with Crippen LogP contribution in [0.5, 0.6) is 0 Å². The van der Waals surface area contributed by atoms with Crippen LogP contribution >= 0.6 is 0 Å². The maximum Gasteiger partial charge on any atom is 0.226 e. The second-order valence-corrected chi connectivity index (χ2v) is 3.52. The summed E-state index contributed by atoms with van der Waals surface area (Å²) >= 11 is 0. The van der Waals surface area contributed by atoms with Crippen molar-refractivity contribution >= 4 is 0 Å². The van der Waals surface area contributed by atoms with Gasteiger partial charge in [0.2, 0.25) is 5.89 Å². The van der Waals surface area contributed by atoms with Crippen LogP contribution in [0.4, 0.5) is 0 Å². The van der Waals surface area contributed by atoms with E-state index in [4.69, 9.17) is 9.25 Å². The molecule has 0 aliphatic rings. The average molecular weight is 218 g/mol. The van der Waals surface area contributed by atoms with E-state index in [-0.39, 0.29) is 0 Å². The Morgan fingerprint density at radius 1 is 1.31 bits per heavy atom. The molecular formula is C12H14N2O2. The number of hydrogen-bond donors (Lipinski definition) is 1. The van der Waals surface area contributed by atoms with Gasteiger partial charge in [0.05, 0.1) is 12.8 Å². The van der Waals surface area contributed by atoms with E-state index in [1.807, 2.05) is 31.2 Å². The summed E-state index contributed by atoms with van der Waals surface area (Å²) in [6.07, 6.45) is 1.65. The summed E-state index contributed by atoms with van der Waals surface area (Å²) in [7, 11) is 1.60. The Morgan fingerprint density at radius 3 is 2.62 bits per heavy atom. The Morgan fingerprint density at radius 2 is 2.06 bits per heavy atom. The van der Waals surface area contributed by atoms with Crippen LogP contribution in [0, 0.1) is 6.92 Å². The lowest BCUT2D eigenvalue weighted by Crippen LogP contribution is -2.10. The van der Waals surface area contributed by atoms with E-state index in [0.29, 0.717) is 12.4 Å². The number of rotatable bonds is 4. The summed E-state index contributed by atoms with van der Waals surface area (Å²) in [5.74, 6) is 0.656. The van der Waals surface area contributed by atoms with Crippen LogP contribution in [0.2, 0.25) is 0 Å². The first-order valence-electron chi connectivity index (χ1n) is 5.07. The molecule has 1 heterocycles. The van der Waals surface area contributed by atoms with E-state index in [0.717, 1.165) is 16.8 Å². The molecule has 0 aliphatic heterocycles. The van der Waals surface area contributed by atoms with Gasteiger partial charge in [0.1, 0.15) is 6.26 Å². The molecule has 0 bridgehead atoms. The van der Waals surface area contributed by atoms with Gasteiger partial charge >= 0.3 is 0 Å². The van der Waals surface area contributed by atoms with Gasteiger partial charge in [0.25, 0.3) is 0 Å². The fourth-order valence-electron chi connectivity index (χ4n) is 1.41. The lowest BCUT2D eigenvalue weighted by atomic mass is 10.1. The molecule has 0 aliphatic carbocycles. The number of aromatic nitrogens is 1. The number of nitrogens with zero attached hydrogens (tertiary/aromatic N) is 1. The first-order valence-corrected chi connectivity index (χ1v) is 5.07. The predicted molar refractivity (Wildman–Crippen MR) is 60.5 cm³/mol. The molecule has 2 aromatic rings. The quantitative estimate of drug-likeness (QED) is 0.800. The van der Waals surface area contributed by atoms with Gasteiger partial charge in [0.15, 0.2) is 0 Å². The van der Waals surface area contributed by atoms with Crippen molar-refractivity contribution in [3.8, 4) is 11.5 Å². The fraction of sp³-hybridized carbons (Fsp3) is 0.250. The van der Waals surface area contributed by atoms with Crippen molar-refractivity contribution in [3.05, 3.63) is 41.8 Å². The molecule has 4 nitrogen and oxygen atoms in total. The third kappa shape index (κ3) is 2.48. The molecule has 0 saturated heterocycles. The third-order valence-electron chi connectivity index (χ3n) is 2.24. The third-order valence-corrected chi connectivity index (χ3v) is 2.24. The molecular weight excluding hydrogens is 204 g/mol. The normalized spacial score (nSPS) is 10.6. The van der Waals surface area contributed by atoms with Gasteiger partial charge in [-0.15, -0.1) is 0 Å². The van der Waals surface area contributed by atoms with E-state index in [1.165, 1.54) is 0 Å². The van der Waals surface area contributed by atoms with Crippen LogP contribution in [0.1, 0.15) is 11.3 Å². The molecule has 1 N–H and O–H groups in total. The summed E-state index contributed by atoms with van der Waals surface area (Å²) in [4.78, 5) is 9.05. The molecule has 1 aromatic heterocycles. The molecule has 0 amide bonds. The SMILES string of the molecule is CONCc1ccc(-c2nc(C)co2)cc1. The second kappa shape index (κ2) is 4.92. The van der Waals surface area contributed by atoms with Crippen LogP contribution in [0.25, 0.3) is 11.5 Å². The van der Waals surface area contributed by atoms with Crippen molar-refractivity contribution in [2.75, 3.05) is 7.11 Å². The molecule has 0 fully saturated rings. The Hall–Kier alpha value is -1.65. The summed E-state index contributed by atoms with van der Waals surface area (Å²) in [6.45, 7) is 2.59. The van der Waals surface area contributed by atoms with Crippen molar-refractivity contribution in [1.82, 2.24) is 10.5 Å². The Balaban J connectivity index is 2.13. The van der Waals surface area contributed by atoms with E-state index in [1.54, 1.807) is 13.4 Å². The maximum absolute atomic E-state index is 5.32. The molecule has 0 atom stereocenters. The standard InChI is InChI=1S/C12H14N2O2/c1-9-8-16-12(14-9)11-5-3-10(4-6-11)7-13-15-2/h3-6,8,13H,7H2,1-2H3. The summed E-state index contributed by atoms with van der Waals surface area (Å²) < 4.78 is 5.32. The number of nitrogens with one attached hydrogen (secondary N) is 1. The van der Waals surface area contributed by atoms with Crippen LogP contribution in [-0.2, 0) is 11.4 Å². The number of hydrogen-bond acceptors (Lipinski definition) is 4. The van der Waals surface area contributed by atoms with Crippen LogP contribution in [0.15, 0.2) is 34.9 Å². The van der Waals surface area contributed by atoms with Crippen LogP contribution in [-0.4, -0.2) is 12.1 Å². The van der Waals surface area contributed by atoms with Gasteiger partial charge in [-0.25, -0.2) is 4.98 Å². The highest BCUT2D eigenvalue weighted by Gasteiger charge is 2.03. The van der Waals surface area contributed by atoms with Gasteiger partial charge in [-0.3, -0.25) is 0 Å². The zero-order valence-corrected chi connectivity index (χ0v) is 9.36. The first-order chi connectivity index (χ1) is 7.79. The van der Waals surface area contributed by atoms with Gasteiger partial charge in [-0.2, -0.15) is 5.48 Å². The number of benzene rings is 1. The van der Waals surface area contributed by atoms with Crippen molar-refractivity contribution in [2.45, 2.75) is 13.5 Å². The smallest absolute Gasteiger partial charge is 0.226 e. The van der Waals surface area contributed by atoms with Crippen molar-refractivity contribution in [3.63, 3.8) is 0 Å². The molecule has 0 saturated carbocycles. The van der Waals surface area contributed by atoms with Gasteiger partial charge in [-0.1, -0.05) is 12.1 Å². The molecule has 0 unspecified atom stereocenters. The van der Waals surface area contributed by atoms with Crippen molar-refractivity contribution in [1.29, 1.82) is 0 Å². The molecule has 2 rings (SSSR count). The molecule has 16 heavy (non-hydrogen) atoms. The van der Waals surface area contributed by atoms with Gasteiger partial charge in [-0.05, 0) is 24.6 Å². The Kier molecular flexibility index (Phi) is 3.34. The zero-order chi connectivity index (χ0) is 11.4. The molecule has 4 heteroatoms. The summed E-state index contributed by atoms with van der Waals surface area (Å²) in [5, 5.41) is 0. The maximum atomic E-state index is 5.32. The minimum Gasteiger partial charge on any atom is -0.444 e. The number of aryl methyl sites for hydroxylation is 1. The van der Waals surface area contributed by atoms with Crippen molar-refractivity contribution in [2.24, 2.45) is 0 Å². The first kappa shape index (κ1) is 10.9. The van der Waals surface area contributed by atoms with Gasteiger partial charge in [0, 0.05) is 12.1 Å². The predicted octanol–water partition coefficient (Wildman–Crippen LogP) is 2.30. The molecule has 1 aromatic carbocycles. The molecule has 0 radical (unpaired) electrons. The monoisotopic (exact) mass is 218 g/mol. The van der Waals surface area contributed by atoms with Crippen LogP contribution in [0.3, 0.4) is 0 Å². The molecule has 0 spiro atoms. The average Bonchev–Trinajstić information content (AvgIpc) is 2.74. The highest BCUT2D eigenvalue weighted by atomic mass is 16.6. The highest BCUT2D eigenvalue weighted by molar-refractivity contribution is 5.53. The topological polar surface area (TPSA) is 47.3 Å². The largest absolute Gasteiger partial charge is 0.444 e. The zero-order valence-electron chi connectivity index (χ0n) is 9.36. The fourth-order valence-corrected chi connectivity index (χ4v) is 1.41. The highest BCUT2D eigenvalue weighted by Crippen LogP contribution is 2.18. The van der Waals surface area contributed by atoms with E-state index in [9.17, 15) is 0 Å². The molecule has 84 valence electrons. The minimum absolute atomic E-state index is 0.656. The van der Waals surface area contributed by atoms with Gasteiger partial charge < -0.3 is 9.25 Å². The second-order valence-electron chi connectivity index (χ2n) is 3.52. The Bertz CT molecular complexity index is 448. The van der Waals surface area contributed by atoms with E-state index in [2.05, 4.69) is 10.5 Å². The van der Waals surface area contributed by atoms with Crippen molar-refractivity contribution < 1.29 is 9.25 Å². The van der Waals surface area contributed by atoms with Crippen LogP contribution < -0.4 is 5.48 Å². The van der Waals surface area contributed by atoms with E-state index < -0.39 is 0 Å². The summed E-state index contributed by atoms with van der Waals surface area (Å²) in [5.41, 5.74) is 5.81. The summed E-state index contributed by atoms with van der Waals surface area (Å²) in [6, 6.07) is 8.00. The lowest BCUT2D eigenvalue weighted by molar-refractivity contribution is 0.0867. The number of oxazole rings is 1.